The number of ether oxygens (including phenoxy) is 2. The van der Waals surface area contributed by atoms with Crippen LogP contribution in [0, 0.1) is 0 Å². The van der Waals surface area contributed by atoms with Crippen LogP contribution in [0.1, 0.15) is 24.8 Å². The first kappa shape index (κ1) is 24.3. The van der Waals surface area contributed by atoms with Crippen LogP contribution in [0.4, 0.5) is 22.0 Å². The number of para-hydroxylation sites is 1. The molecule has 1 aliphatic heterocycles. The van der Waals surface area contributed by atoms with Gasteiger partial charge >= 0.3 is 6.09 Å². The van der Waals surface area contributed by atoms with E-state index in [0.29, 0.717) is 18.1 Å². The van der Waals surface area contributed by atoms with Crippen LogP contribution in [0.15, 0.2) is 91.3 Å². The van der Waals surface area contributed by atoms with Crippen molar-refractivity contribution in [3.05, 3.63) is 96.8 Å². The molecular formula is C29H29N5O3. The Morgan fingerprint density at radius 2 is 1.76 bits per heavy atom. The maximum absolute atomic E-state index is 12.3. The maximum atomic E-state index is 12.3. The van der Waals surface area contributed by atoms with Crippen LogP contribution in [-0.4, -0.2) is 28.8 Å². The fourth-order valence-electron chi connectivity index (χ4n) is 4.13. The van der Waals surface area contributed by atoms with E-state index in [9.17, 15) is 4.79 Å². The fraction of sp³-hybridized carbons (Fsp3) is 0.207. The molecule has 1 fully saturated rings. The minimum absolute atomic E-state index is 0.242. The van der Waals surface area contributed by atoms with Gasteiger partial charge in [0.1, 0.15) is 24.5 Å². The average Bonchev–Trinajstić information content (AvgIpc) is 2.93. The fourth-order valence-corrected chi connectivity index (χ4v) is 4.13. The quantitative estimate of drug-likeness (QED) is 0.271. The van der Waals surface area contributed by atoms with E-state index >= 15 is 0 Å². The van der Waals surface area contributed by atoms with Crippen molar-refractivity contribution in [1.29, 1.82) is 0 Å². The summed E-state index contributed by atoms with van der Waals surface area (Å²) in [5.74, 6) is 1.36. The highest BCUT2D eigenvalue weighted by atomic mass is 16.6. The first-order chi connectivity index (χ1) is 18.2. The largest absolute Gasteiger partial charge is 0.488 e. The van der Waals surface area contributed by atoms with Crippen LogP contribution >= 0.6 is 0 Å². The number of hydrogen-bond acceptors (Lipinski definition) is 7. The molecule has 1 saturated heterocycles. The Balaban J connectivity index is 1.25. The molecular weight excluding hydrogens is 466 g/mol. The summed E-state index contributed by atoms with van der Waals surface area (Å²) >= 11 is 0. The van der Waals surface area contributed by atoms with Crippen LogP contribution in [0.5, 0.6) is 5.75 Å². The van der Waals surface area contributed by atoms with Crippen LogP contribution < -0.4 is 20.7 Å². The van der Waals surface area contributed by atoms with Crippen LogP contribution in [0.2, 0.25) is 0 Å². The summed E-state index contributed by atoms with van der Waals surface area (Å²) in [6, 6.07) is 27.1. The predicted octanol–water partition coefficient (Wildman–Crippen LogP) is 6.11. The third-order valence-electron chi connectivity index (χ3n) is 5.96. The topological polar surface area (TPSA) is 97.4 Å². The molecule has 8 nitrogen and oxygen atoms in total. The molecule has 0 spiro atoms. The molecule has 3 N–H and O–H groups in total. The van der Waals surface area contributed by atoms with Crippen molar-refractivity contribution in [3.8, 4) is 17.0 Å². The number of amides is 1. The lowest BCUT2D eigenvalue weighted by atomic mass is 10.1. The highest BCUT2D eigenvalue weighted by Crippen LogP contribution is 2.30. The molecule has 37 heavy (non-hydrogen) atoms. The van der Waals surface area contributed by atoms with Crippen molar-refractivity contribution >= 4 is 23.3 Å². The number of benzene rings is 3. The standard InChI is InChI=1S/C29H29N5O3/c35-29(37-28-15-6-7-16-30-28)34-23-12-8-11-22(17-23)33-27-18-25(31-20-32-27)24-13-4-5-14-26(24)36-19-21-9-2-1-3-10-21/h1-5,8-14,17-18,20,28,30H,6-7,15-16,19H2,(H,34,35)(H,31,32,33)/t28-/m0/s1. The SMILES string of the molecule is O=C(Nc1cccc(Nc2cc(-c3ccccc3OCc3ccccc3)ncn2)c1)O[C@H]1CCCCN1. The summed E-state index contributed by atoms with van der Waals surface area (Å²) in [5.41, 5.74) is 4.10. The van der Waals surface area contributed by atoms with Gasteiger partial charge in [0.15, 0.2) is 6.23 Å². The number of aromatic nitrogens is 2. The number of carbonyl (C=O) groups is 1. The van der Waals surface area contributed by atoms with E-state index in [0.717, 1.165) is 54.1 Å². The predicted molar refractivity (Wildman–Crippen MR) is 144 cm³/mol. The molecule has 188 valence electrons. The van der Waals surface area contributed by atoms with Gasteiger partial charge < -0.3 is 14.8 Å². The molecule has 5 rings (SSSR count). The van der Waals surface area contributed by atoms with Crippen LogP contribution in [-0.2, 0) is 11.3 Å². The molecule has 0 saturated carbocycles. The average molecular weight is 496 g/mol. The van der Waals surface area contributed by atoms with Crippen LogP contribution in [0.25, 0.3) is 11.3 Å². The molecule has 4 aromatic rings. The van der Waals surface area contributed by atoms with E-state index in [1.807, 2.05) is 84.9 Å². The number of rotatable bonds is 8. The van der Waals surface area contributed by atoms with Crippen molar-refractivity contribution in [2.75, 3.05) is 17.2 Å². The number of anilines is 3. The van der Waals surface area contributed by atoms with E-state index in [2.05, 4.69) is 25.9 Å². The molecule has 1 aliphatic rings. The van der Waals surface area contributed by atoms with Gasteiger partial charge in [-0.05, 0) is 61.7 Å². The van der Waals surface area contributed by atoms with Gasteiger partial charge in [-0.25, -0.2) is 14.8 Å². The van der Waals surface area contributed by atoms with Crippen molar-refractivity contribution in [1.82, 2.24) is 15.3 Å². The number of nitrogens with one attached hydrogen (secondary N) is 3. The van der Waals surface area contributed by atoms with E-state index in [4.69, 9.17) is 9.47 Å². The number of piperidine rings is 1. The molecule has 1 aromatic heterocycles. The molecule has 0 unspecified atom stereocenters. The summed E-state index contributed by atoms with van der Waals surface area (Å²) in [5, 5.41) is 9.29. The Hall–Kier alpha value is -4.43. The monoisotopic (exact) mass is 495 g/mol. The Morgan fingerprint density at radius 1 is 0.919 bits per heavy atom. The van der Waals surface area contributed by atoms with Crippen LogP contribution in [0.3, 0.4) is 0 Å². The molecule has 0 radical (unpaired) electrons. The lowest BCUT2D eigenvalue weighted by Gasteiger charge is -2.23. The minimum Gasteiger partial charge on any atom is -0.488 e. The van der Waals surface area contributed by atoms with Gasteiger partial charge in [0.05, 0.1) is 5.69 Å². The summed E-state index contributed by atoms with van der Waals surface area (Å²) < 4.78 is 11.6. The minimum atomic E-state index is -0.479. The van der Waals surface area contributed by atoms with Crippen molar-refractivity contribution in [2.45, 2.75) is 32.1 Å². The maximum Gasteiger partial charge on any atom is 0.413 e. The summed E-state index contributed by atoms with van der Waals surface area (Å²) in [6.45, 7) is 1.33. The van der Waals surface area contributed by atoms with Gasteiger partial charge in [0.2, 0.25) is 0 Å². The van der Waals surface area contributed by atoms with E-state index in [1.165, 1.54) is 6.33 Å². The third kappa shape index (κ3) is 6.83. The van der Waals surface area contributed by atoms with Gasteiger partial charge in [-0.1, -0.05) is 48.5 Å². The lowest BCUT2D eigenvalue weighted by molar-refractivity contribution is 0.0716. The van der Waals surface area contributed by atoms with E-state index in [-0.39, 0.29) is 6.23 Å². The Kier molecular flexibility index (Phi) is 7.88. The molecule has 0 aliphatic carbocycles. The second kappa shape index (κ2) is 12.0. The molecule has 8 heteroatoms. The van der Waals surface area contributed by atoms with E-state index in [1.54, 1.807) is 0 Å². The Bertz CT molecular complexity index is 1330. The first-order valence-electron chi connectivity index (χ1n) is 12.4. The molecule has 3 aromatic carbocycles. The zero-order valence-electron chi connectivity index (χ0n) is 20.4. The number of nitrogens with zero attached hydrogens (tertiary/aromatic N) is 2. The molecule has 1 amide bonds. The van der Waals surface area contributed by atoms with Gasteiger partial charge in [-0.3, -0.25) is 10.6 Å². The summed E-state index contributed by atoms with van der Waals surface area (Å²) in [6.07, 6.45) is 3.77. The zero-order valence-corrected chi connectivity index (χ0v) is 20.4. The first-order valence-corrected chi connectivity index (χ1v) is 12.4. The summed E-state index contributed by atoms with van der Waals surface area (Å²) in [7, 11) is 0. The van der Waals surface area contributed by atoms with Gasteiger partial charge in [0, 0.05) is 23.0 Å². The Labute approximate surface area is 216 Å². The third-order valence-corrected chi connectivity index (χ3v) is 5.96. The smallest absolute Gasteiger partial charge is 0.413 e. The van der Waals surface area contributed by atoms with E-state index < -0.39 is 6.09 Å². The highest BCUT2D eigenvalue weighted by molar-refractivity contribution is 5.85. The zero-order chi connectivity index (χ0) is 25.3. The number of carbonyl (C=O) groups excluding carboxylic acids is 1. The molecule has 2 heterocycles. The van der Waals surface area contributed by atoms with Gasteiger partial charge in [-0.2, -0.15) is 0 Å². The highest BCUT2D eigenvalue weighted by Gasteiger charge is 2.17. The second-order valence-corrected chi connectivity index (χ2v) is 8.73. The normalized spacial score (nSPS) is 15.0. The lowest BCUT2D eigenvalue weighted by Crippen LogP contribution is -2.38. The summed E-state index contributed by atoms with van der Waals surface area (Å²) in [4.78, 5) is 21.1. The van der Waals surface area contributed by atoms with Crippen molar-refractivity contribution in [2.24, 2.45) is 0 Å². The van der Waals surface area contributed by atoms with Crippen molar-refractivity contribution in [3.63, 3.8) is 0 Å². The van der Waals surface area contributed by atoms with Gasteiger partial charge in [0.25, 0.3) is 0 Å². The molecule has 0 bridgehead atoms. The number of hydrogen-bond donors (Lipinski definition) is 3. The van der Waals surface area contributed by atoms with Crippen molar-refractivity contribution < 1.29 is 14.3 Å². The molecule has 1 atom stereocenters. The van der Waals surface area contributed by atoms with Gasteiger partial charge in [-0.15, -0.1) is 0 Å². The second-order valence-electron chi connectivity index (χ2n) is 8.73. The Morgan fingerprint density at radius 3 is 2.62 bits per heavy atom.